The van der Waals surface area contributed by atoms with Crippen LogP contribution in [0.25, 0.3) is 0 Å². The lowest BCUT2D eigenvalue weighted by atomic mass is 10.2. The summed E-state index contributed by atoms with van der Waals surface area (Å²) < 4.78 is 29.0. The van der Waals surface area contributed by atoms with E-state index in [1.165, 1.54) is 0 Å². The van der Waals surface area contributed by atoms with Crippen molar-refractivity contribution in [1.29, 1.82) is 0 Å². The fourth-order valence-corrected chi connectivity index (χ4v) is 3.98. The number of hydrogen-bond acceptors (Lipinski definition) is 3. The molecule has 0 amide bonds. The number of rotatable bonds is 7. The summed E-state index contributed by atoms with van der Waals surface area (Å²) in [4.78, 5) is 0. The molecule has 2 fully saturated rings. The molecule has 0 radical (unpaired) electrons. The Bertz CT molecular complexity index is 360. The van der Waals surface area contributed by atoms with Gasteiger partial charge in [0.05, 0.1) is 0 Å². The maximum absolute atomic E-state index is 12.3. The summed E-state index contributed by atoms with van der Waals surface area (Å²) in [5.74, 6) is 0.338. The summed E-state index contributed by atoms with van der Waals surface area (Å²) in [6, 6.07) is 0.568. The van der Waals surface area contributed by atoms with E-state index < -0.39 is 10.2 Å². The van der Waals surface area contributed by atoms with Crippen LogP contribution in [0.4, 0.5) is 0 Å². The Morgan fingerprint density at radius 3 is 2.56 bits per heavy atom. The smallest absolute Gasteiger partial charge is 0.279 e. The number of hydrogen-bond donors (Lipinski definition) is 2. The van der Waals surface area contributed by atoms with Gasteiger partial charge < -0.3 is 5.32 Å². The predicted molar refractivity (Wildman–Crippen MR) is 72.5 cm³/mol. The minimum atomic E-state index is -3.30. The molecule has 0 bridgehead atoms. The zero-order valence-corrected chi connectivity index (χ0v) is 12.2. The highest BCUT2D eigenvalue weighted by Crippen LogP contribution is 2.29. The molecule has 2 aliphatic rings. The second kappa shape index (κ2) is 5.86. The molecule has 1 atom stereocenters. The molecule has 2 rings (SSSR count). The first-order valence-corrected chi connectivity index (χ1v) is 8.43. The fraction of sp³-hybridized carbons (Fsp3) is 1.00. The van der Waals surface area contributed by atoms with Gasteiger partial charge in [-0.1, -0.05) is 13.8 Å². The molecule has 6 heteroatoms. The summed E-state index contributed by atoms with van der Waals surface area (Å²) >= 11 is 0. The second-order valence-corrected chi connectivity index (χ2v) is 7.55. The van der Waals surface area contributed by atoms with Gasteiger partial charge in [0.1, 0.15) is 0 Å². The van der Waals surface area contributed by atoms with E-state index >= 15 is 0 Å². The van der Waals surface area contributed by atoms with E-state index in [1.54, 1.807) is 4.31 Å². The van der Waals surface area contributed by atoms with Crippen LogP contribution in [0, 0.1) is 5.92 Å². The molecule has 1 aliphatic carbocycles. The molecule has 1 heterocycles. The monoisotopic (exact) mass is 275 g/mol. The average Bonchev–Trinajstić information content (AvgIpc) is 3.00. The van der Waals surface area contributed by atoms with Crippen molar-refractivity contribution in [3.63, 3.8) is 0 Å². The Balaban J connectivity index is 1.95. The topological polar surface area (TPSA) is 61.4 Å². The zero-order chi connectivity index (χ0) is 13.2. The van der Waals surface area contributed by atoms with Gasteiger partial charge in [-0.2, -0.15) is 12.7 Å². The van der Waals surface area contributed by atoms with Gasteiger partial charge in [0.25, 0.3) is 10.2 Å². The Hall–Kier alpha value is -0.170. The zero-order valence-electron chi connectivity index (χ0n) is 11.4. The van der Waals surface area contributed by atoms with Crippen LogP contribution < -0.4 is 10.0 Å². The molecule has 18 heavy (non-hydrogen) atoms. The van der Waals surface area contributed by atoms with Crippen LogP contribution in [0.5, 0.6) is 0 Å². The van der Waals surface area contributed by atoms with Crippen molar-refractivity contribution in [3.05, 3.63) is 0 Å². The van der Waals surface area contributed by atoms with Crippen LogP contribution in [0.3, 0.4) is 0 Å². The molecular weight excluding hydrogens is 250 g/mol. The van der Waals surface area contributed by atoms with Crippen LogP contribution in [0.2, 0.25) is 0 Å². The molecule has 1 unspecified atom stereocenters. The van der Waals surface area contributed by atoms with Gasteiger partial charge in [-0.05, 0) is 38.1 Å². The molecule has 106 valence electrons. The standard InChI is InChI=1S/C12H25N3O2S/c1-10(2)8-14-18(16,17)15(12-5-6-12)9-11-4-3-7-13-11/h10-14H,3-9H2,1-2H3. The van der Waals surface area contributed by atoms with E-state index in [9.17, 15) is 8.42 Å². The normalized spacial score (nSPS) is 25.2. The molecule has 1 saturated carbocycles. The Labute approximate surface area is 110 Å². The maximum Gasteiger partial charge on any atom is 0.279 e. The molecule has 0 aromatic rings. The molecular formula is C12H25N3O2S. The molecule has 0 spiro atoms. The van der Waals surface area contributed by atoms with E-state index in [0.717, 1.165) is 32.2 Å². The van der Waals surface area contributed by atoms with Crippen LogP contribution in [0.15, 0.2) is 0 Å². The SMILES string of the molecule is CC(C)CNS(=O)(=O)N(CC1CCCN1)C1CC1. The van der Waals surface area contributed by atoms with Gasteiger partial charge in [-0.15, -0.1) is 0 Å². The Kier molecular flexibility index (Phi) is 4.64. The first-order chi connectivity index (χ1) is 8.49. The van der Waals surface area contributed by atoms with Crippen molar-refractivity contribution in [1.82, 2.24) is 14.3 Å². The van der Waals surface area contributed by atoms with Gasteiger partial charge in [0, 0.05) is 25.2 Å². The van der Waals surface area contributed by atoms with Crippen LogP contribution >= 0.6 is 0 Å². The Morgan fingerprint density at radius 1 is 1.33 bits per heavy atom. The second-order valence-electron chi connectivity index (χ2n) is 5.84. The highest BCUT2D eigenvalue weighted by atomic mass is 32.2. The van der Waals surface area contributed by atoms with Crippen LogP contribution in [0.1, 0.15) is 39.5 Å². The summed E-state index contributed by atoms with van der Waals surface area (Å²) in [5.41, 5.74) is 0. The number of nitrogens with zero attached hydrogens (tertiary/aromatic N) is 1. The largest absolute Gasteiger partial charge is 0.313 e. The predicted octanol–water partition coefficient (Wildman–Crippen LogP) is 0.693. The Morgan fingerprint density at radius 2 is 2.06 bits per heavy atom. The molecule has 0 aromatic heterocycles. The lowest BCUT2D eigenvalue weighted by molar-refractivity contribution is 0.355. The average molecular weight is 275 g/mol. The van der Waals surface area contributed by atoms with Crippen molar-refractivity contribution in [2.45, 2.75) is 51.6 Å². The third-order valence-corrected chi connectivity index (χ3v) is 5.10. The molecule has 5 nitrogen and oxygen atoms in total. The van der Waals surface area contributed by atoms with Gasteiger partial charge in [0.15, 0.2) is 0 Å². The van der Waals surface area contributed by atoms with Crippen molar-refractivity contribution in [2.24, 2.45) is 5.92 Å². The molecule has 1 saturated heterocycles. The minimum absolute atomic E-state index is 0.233. The minimum Gasteiger partial charge on any atom is -0.313 e. The number of nitrogens with one attached hydrogen (secondary N) is 2. The highest BCUT2D eigenvalue weighted by molar-refractivity contribution is 7.87. The van der Waals surface area contributed by atoms with Crippen molar-refractivity contribution < 1.29 is 8.42 Å². The van der Waals surface area contributed by atoms with Gasteiger partial charge in [-0.25, -0.2) is 4.72 Å². The van der Waals surface area contributed by atoms with Gasteiger partial charge in [0.2, 0.25) is 0 Å². The van der Waals surface area contributed by atoms with Crippen LogP contribution in [-0.4, -0.2) is 44.4 Å². The van der Waals surface area contributed by atoms with E-state index in [1.807, 2.05) is 13.8 Å². The van der Waals surface area contributed by atoms with E-state index in [2.05, 4.69) is 10.0 Å². The van der Waals surface area contributed by atoms with E-state index in [-0.39, 0.29) is 6.04 Å². The van der Waals surface area contributed by atoms with Gasteiger partial charge >= 0.3 is 0 Å². The molecule has 0 aromatic carbocycles. The summed E-state index contributed by atoms with van der Waals surface area (Å²) in [6.45, 7) is 6.19. The van der Waals surface area contributed by atoms with E-state index in [4.69, 9.17) is 0 Å². The summed E-state index contributed by atoms with van der Waals surface area (Å²) in [6.07, 6.45) is 4.26. The third-order valence-electron chi connectivity index (χ3n) is 3.50. The lowest BCUT2D eigenvalue weighted by Crippen LogP contribution is -2.48. The van der Waals surface area contributed by atoms with Gasteiger partial charge in [-0.3, -0.25) is 0 Å². The molecule has 2 N–H and O–H groups in total. The van der Waals surface area contributed by atoms with Crippen LogP contribution in [-0.2, 0) is 10.2 Å². The highest BCUT2D eigenvalue weighted by Gasteiger charge is 2.38. The van der Waals surface area contributed by atoms with Crippen molar-refractivity contribution in [2.75, 3.05) is 19.6 Å². The lowest BCUT2D eigenvalue weighted by Gasteiger charge is -2.25. The van der Waals surface area contributed by atoms with Crippen molar-refractivity contribution >= 4 is 10.2 Å². The quantitative estimate of drug-likeness (QED) is 0.719. The third kappa shape index (κ3) is 3.91. The summed E-state index contributed by atoms with van der Waals surface area (Å²) in [7, 11) is -3.30. The summed E-state index contributed by atoms with van der Waals surface area (Å²) in [5, 5.41) is 3.37. The first kappa shape index (κ1) is 14.2. The van der Waals surface area contributed by atoms with E-state index in [0.29, 0.717) is 25.0 Å². The molecule has 1 aliphatic heterocycles. The first-order valence-electron chi connectivity index (χ1n) is 6.99. The fourth-order valence-electron chi connectivity index (χ4n) is 2.29. The van der Waals surface area contributed by atoms with Crippen molar-refractivity contribution in [3.8, 4) is 0 Å². The maximum atomic E-state index is 12.3.